The van der Waals surface area contributed by atoms with Crippen molar-refractivity contribution in [3.63, 3.8) is 0 Å². The number of rotatable bonds is 6. The first-order chi connectivity index (χ1) is 8.58. The van der Waals surface area contributed by atoms with Crippen LogP contribution in [0.3, 0.4) is 0 Å². The van der Waals surface area contributed by atoms with Gasteiger partial charge in [-0.1, -0.05) is 6.92 Å². The van der Waals surface area contributed by atoms with E-state index in [-0.39, 0.29) is 18.3 Å². The van der Waals surface area contributed by atoms with E-state index in [1.165, 1.54) is 4.90 Å². The molecule has 1 rings (SSSR count). The standard InChI is InChI=1S/C11H19N5O2/c1-4-6-8-13-10(15-14-8)11(18)12-7-9(17)16(3)5-2/h4-7H2,1-3H3,(H,12,18)(H,13,14,15). The van der Waals surface area contributed by atoms with E-state index < -0.39 is 5.91 Å². The van der Waals surface area contributed by atoms with E-state index in [0.717, 1.165) is 12.8 Å². The van der Waals surface area contributed by atoms with Crippen LogP contribution in [-0.4, -0.2) is 52.0 Å². The summed E-state index contributed by atoms with van der Waals surface area (Å²) in [5, 5.41) is 8.99. The average molecular weight is 253 g/mol. The van der Waals surface area contributed by atoms with Crippen LogP contribution in [0.15, 0.2) is 0 Å². The maximum Gasteiger partial charge on any atom is 0.291 e. The van der Waals surface area contributed by atoms with Gasteiger partial charge >= 0.3 is 0 Å². The zero-order chi connectivity index (χ0) is 13.5. The van der Waals surface area contributed by atoms with Gasteiger partial charge < -0.3 is 10.2 Å². The molecule has 0 saturated heterocycles. The van der Waals surface area contributed by atoms with E-state index >= 15 is 0 Å². The third kappa shape index (κ3) is 3.83. The lowest BCUT2D eigenvalue weighted by Gasteiger charge is -2.14. The number of carbonyl (C=O) groups excluding carboxylic acids is 2. The van der Waals surface area contributed by atoms with E-state index in [1.807, 2.05) is 13.8 Å². The number of aromatic nitrogens is 3. The summed E-state index contributed by atoms with van der Waals surface area (Å²) < 4.78 is 0. The molecule has 18 heavy (non-hydrogen) atoms. The molecular weight excluding hydrogens is 234 g/mol. The van der Waals surface area contributed by atoms with Crippen LogP contribution in [0.5, 0.6) is 0 Å². The molecule has 0 aromatic carbocycles. The van der Waals surface area contributed by atoms with Crippen LogP contribution in [0.1, 0.15) is 36.7 Å². The van der Waals surface area contributed by atoms with E-state index in [4.69, 9.17) is 0 Å². The predicted molar refractivity (Wildman–Crippen MR) is 66.0 cm³/mol. The fraction of sp³-hybridized carbons (Fsp3) is 0.636. The Hall–Kier alpha value is -1.92. The van der Waals surface area contributed by atoms with Crippen molar-refractivity contribution < 1.29 is 9.59 Å². The highest BCUT2D eigenvalue weighted by Gasteiger charge is 2.14. The molecule has 7 heteroatoms. The van der Waals surface area contributed by atoms with Gasteiger partial charge in [0.15, 0.2) is 0 Å². The highest BCUT2D eigenvalue weighted by atomic mass is 16.2. The van der Waals surface area contributed by atoms with Crippen molar-refractivity contribution in [2.24, 2.45) is 0 Å². The number of aromatic amines is 1. The Kier molecular flexibility index (Phi) is 5.29. The fourth-order valence-electron chi connectivity index (χ4n) is 1.29. The Morgan fingerprint density at radius 1 is 1.39 bits per heavy atom. The number of likely N-dealkylation sites (N-methyl/N-ethyl adjacent to an activating group) is 1. The summed E-state index contributed by atoms with van der Waals surface area (Å²) in [5.41, 5.74) is 0. The highest BCUT2D eigenvalue weighted by Crippen LogP contribution is 1.96. The molecule has 2 N–H and O–H groups in total. The Bertz CT molecular complexity index is 415. The molecule has 0 aliphatic heterocycles. The summed E-state index contributed by atoms with van der Waals surface area (Å²) >= 11 is 0. The minimum absolute atomic E-state index is 0.0408. The summed E-state index contributed by atoms with van der Waals surface area (Å²) in [5.74, 6) is 0.173. The lowest BCUT2D eigenvalue weighted by Crippen LogP contribution is -2.38. The Morgan fingerprint density at radius 3 is 2.72 bits per heavy atom. The molecular formula is C11H19N5O2. The van der Waals surface area contributed by atoms with Gasteiger partial charge in [0.1, 0.15) is 5.82 Å². The monoisotopic (exact) mass is 253 g/mol. The van der Waals surface area contributed by atoms with Crippen molar-refractivity contribution in [1.29, 1.82) is 0 Å². The zero-order valence-corrected chi connectivity index (χ0v) is 11.0. The van der Waals surface area contributed by atoms with E-state index in [9.17, 15) is 9.59 Å². The molecule has 1 aromatic rings. The Labute approximate surface area is 106 Å². The van der Waals surface area contributed by atoms with Gasteiger partial charge in [-0.05, 0) is 13.3 Å². The molecule has 0 aliphatic carbocycles. The third-order valence-corrected chi connectivity index (χ3v) is 2.52. The van der Waals surface area contributed by atoms with Gasteiger partial charge in [-0.2, -0.15) is 0 Å². The van der Waals surface area contributed by atoms with Crippen molar-refractivity contribution in [3.8, 4) is 0 Å². The summed E-state index contributed by atoms with van der Waals surface area (Å²) in [7, 11) is 1.68. The Morgan fingerprint density at radius 2 is 2.11 bits per heavy atom. The van der Waals surface area contributed by atoms with E-state index in [2.05, 4.69) is 20.5 Å². The summed E-state index contributed by atoms with van der Waals surface area (Å²) in [6.45, 7) is 4.45. The number of aryl methyl sites for hydroxylation is 1. The molecule has 0 saturated carbocycles. The van der Waals surface area contributed by atoms with Gasteiger partial charge in [-0.3, -0.25) is 14.7 Å². The normalized spacial score (nSPS) is 10.2. The van der Waals surface area contributed by atoms with Crippen LogP contribution in [0, 0.1) is 0 Å². The number of H-pyrrole nitrogens is 1. The van der Waals surface area contributed by atoms with Gasteiger partial charge in [-0.25, -0.2) is 4.98 Å². The molecule has 7 nitrogen and oxygen atoms in total. The van der Waals surface area contributed by atoms with Crippen LogP contribution >= 0.6 is 0 Å². The molecule has 0 spiro atoms. The fourth-order valence-corrected chi connectivity index (χ4v) is 1.29. The average Bonchev–Trinajstić information content (AvgIpc) is 2.83. The van der Waals surface area contributed by atoms with Crippen LogP contribution in [0.25, 0.3) is 0 Å². The van der Waals surface area contributed by atoms with Crippen molar-refractivity contribution in [1.82, 2.24) is 25.4 Å². The number of carbonyl (C=O) groups is 2. The van der Waals surface area contributed by atoms with Crippen LogP contribution in [-0.2, 0) is 11.2 Å². The number of nitrogens with zero attached hydrogens (tertiary/aromatic N) is 3. The second-order valence-electron chi connectivity index (χ2n) is 3.95. The zero-order valence-electron chi connectivity index (χ0n) is 11.0. The lowest BCUT2D eigenvalue weighted by molar-refractivity contribution is -0.128. The summed E-state index contributed by atoms with van der Waals surface area (Å²) in [4.78, 5) is 28.7. The van der Waals surface area contributed by atoms with Crippen LogP contribution in [0.2, 0.25) is 0 Å². The van der Waals surface area contributed by atoms with Crippen molar-refractivity contribution >= 4 is 11.8 Å². The molecule has 0 radical (unpaired) electrons. The number of nitrogens with one attached hydrogen (secondary N) is 2. The van der Waals surface area contributed by atoms with Gasteiger partial charge in [0.05, 0.1) is 6.54 Å². The number of hydrogen-bond donors (Lipinski definition) is 2. The first-order valence-electron chi connectivity index (χ1n) is 6.01. The van der Waals surface area contributed by atoms with Gasteiger partial charge in [0.2, 0.25) is 11.7 Å². The molecule has 0 atom stereocenters. The minimum Gasteiger partial charge on any atom is -0.345 e. The second kappa shape index (κ2) is 6.73. The third-order valence-electron chi connectivity index (χ3n) is 2.52. The topological polar surface area (TPSA) is 91.0 Å². The molecule has 1 aromatic heterocycles. The molecule has 1 heterocycles. The minimum atomic E-state index is -0.438. The van der Waals surface area contributed by atoms with Crippen LogP contribution in [0.4, 0.5) is 0 Å². The molecule has 0 bridgehead atoms. The molecule has 0 unspecified atom stereocenters. The molecule has 100 valence electrons. The van der Waals surface area contributed by atoms with Gasteiger partial charge in [0.25, 0.3) is 5.91 Å². The van der Waals surface area contributed by atoms with Gasteiger partial charge in [0, 0.05) is 20.0 Å². The smallest absolute Gasteiger partial charge is 0.291 e. The number of hydrogen-bond acceptors (Lipinski definition) is 4. The molecule has 0 fully saturated rings. The molecule has 2 amide bonds. The maximum atomic E-state index is 11.7. The SMILES string of the molecule is CCCc1nc(C(=O)NCC(=O)N(C)CC)n[nH]1. The largest absolute Gasteiger partial charge is 0.345 e. The van der Waals surface area contributed by atoms with E-state index in [1.54, 1.807) is 7.05 Å². The van der Waals surface area contributed by atoms with Crippen LogP contribution < -0.4 is 5.32 Å². The van der Waals surface area contributed by atoms with Crippen molar-refractivity contribution in [2.75, 3.05) is 20.1 Å². The van der Waals surface area contributed by atoms with E-state index in [0.29, 0.717) is 12.4 Å². The second-order valence-corrected chi connectivity index (χ2v) is 3.95. The van der Waals surface area contributed by atoms with Gasteiger partial charge in [-0.15, -0.1) is 5.10 Å². The predicted octanol–water partition coefficient (Wildman–Crippen LogP) is -0.0347. The van der Waals surface area contributed by atoms with Crippen molar-refractivity contribution in [3.05, 3.63) is 11.6 Å². The quantitative estimate of drug-likeness (QED) is 0.744. The number of amides is 2. The highest BCUT2D eigenvalue weighted by molar-refractivity contribution is 5.93. The Balaban J connectivity index is 2.47. The molecule has 0 aliphatic rings. The lowest BCUT2D eigenvalue weighted by atomic mass is 10.3. The first-order valence-corrected chi connectivity index (χ1v) is 6.01. The summed E-state index contributed by atoms with van der Waals surface area (Å²) in [6.07, 6.45) is 1.67. The maximum absolute atomic E-state index is 11.7. The first kappa shape index (κ1) is 14.1. The van der Waals surface area contributed by atoms with Crippen molar-refractivity contribution in [2.45, 2.75) is 26.7 Å². The summed E-state index contributed by atoms with van der Waals surface area (Å²) in [6, 6.07) is 0.